The van der Waals surface area contributed by atoms with Crippen LogP contribution < -0.4 is 44.2 Å². The summed E-state index contributed by atoms with van der Waals surface area (Å²) in [6.45, 7) is 9.68. The zero-order valence-electron chi connectivity index (χ0n) is 38.8. The molecule has 24 nitrogen and oxygen atoms in total. The third-order valence-electron chi connectivity index (χ3n) is 8.34. The highest BCUT2D eigenvalue weighted by molar-refractivity contribution is 5.77. The Morgan fingerprint density at radius 1 is 0.277 bits per heavy atom. The summed E-state index contributed by atoms with van der Waals surface area (Å²) in [6.07, 6.45) is 0.270. The lowest BCUT2D eigenvalue weighted by Crippen LogP contribution is -2.43. The molecular weight excluding hydrogens is 860 g/mol. The van der Waals surface area contributed by atoms with Crippen LogP contribution in [0.3, 0.4) is 0 Å². The van der Waals surface area contributed by atoms with Crippen LogP contribution >= 0.6 is 0 Å². The van der Waals surface area contributed by atoms with Crippen molar-refractivity contribution in [2.45, 2.75) is 25.7 Å². The third kappa shape index (κ3) is 44.8. The Hall–Kier alpha value is -2.76. The summed E-state index contributed by atoms with van der Waals surface area (Å²) in [6, 6.07) is 0. The molecule has 0 spiro atoms. The lowest BCUT2D eigenvalue weighted by Gasteiger charge is -2.33. The summed E-state index contributed by atoms with van der Waals surface area (Å²) in [5, 5.41) is 11.2. The topological polar surface area (TPSA) is 331 Å². The maximum atomic E-state index is 12.5. The normalized spacial score (nSPS) is 11.5. The summed E-state index contributed by atoms with van der Waals surface area (Å²) >= 11 is 0. The maximum Gasteiger partial charge on any atom is 0.222 e. The molecule has 0 radical (unpaired) electrons. The number of rotatable bonds is 52. The van der Waals surface area contributed by atoms with E-state index >= 15 is 0 Å². The van der Waals surface area contributed by atoms with Crippen molar-refractivity contribution < 1.29 is 76.0 Å². The average Bonchev–Trinajstić information content (AvgIpc) is 3.30. The molecule has 4 amide bonds. The van der Waals surface area contributed by atoms with E-state index in [0.717, 1.165) is 0 Å². The van der Waals surface area contributed by atoms with Crippen molar-refractivity contribution in [2.75, 3.05) is 211 Å². The highest BCUT2D eigenvalue weighted by Crippen LogP contribution is 2.21. The van der Waals surface area contributed by atoms with Crippen LogP contribution in [0.4, 0.5) is 0 Å². The van der Waals surface area contributed by atoms with Crippen molar-refractivity contribution in [3.05, 3.63) is 0 Å². The second-order valence-corrected chi connectivity index (χ2v) is 14.2. The fraction of sp³-hybridized carbons (Fsp3) is 0.902. The van der Waals surface area contributed by atoms with Crippen LogP contribution in [0.5, 0.6) is 0 Å². The number of carbonyl (C=O) groups is 4. The van der Waals surface area contributed by atoms with Crippen LogP contribution in [0.2, 0.25) is 0 Å². The molecule has 0 aromatic heterocycles. The van der Waals surface area contributed by atoms with E-state index in [1.54, 1.807) is 0 Å². The molecule has 0 aromatic carbocycles. The van der Waals surface area contributed by atoms with Gasteiger partial charge in [0, 0.05) is 78.0 Å². The summed E-state index contributed by atoms with van der Waals surface area (Å²) < 4.78 is 66.9. The van der Waals surface area contributed by atoms with Gasteiger partial charge in [-0.15, -0.1) is 0 Å². The molecular formula is C41H84N8O16. The summed E-state index contributed by atoms with van der Waals surface area (Å²) in [7, 11) is 0. The first kappa shape index (κ1) is 62.2. The second kappa shape index (κ2) is 49.2. The third-order valence-corrected chi connectivity index (χ3v) is 8.34. The minimum Gasteiger partial charge on any atom is -0.380 e. The highest BCUT2D eigenvalue weighted by Gasteiger charge is 2.33. The molecule has 0 aliphatic heterocycles. The molecule has 65 heavy (non-hydrogen) atoms. The fourth-order valence-corrected chi connectivity index (χ4v) is 5.09. The Morgan fingerprint density at radius 2 is 0.477 bits per heavy atom. The van der Waals surface area contributed by atoms with Crippen LogP contribution in [-0.4, -0.2) is 235 Å². The van der Waals surface area contributed by atoms with Gasteiger partial charge in [0.25, 0.3) is 0 Å². The van der Waals surface area contributed by atoms with Crippen molar-refractivity contribution >= 4 is 23.6 Å². The quantitative estimate of drug-likeness (QED) is 0.0270. The summed E-state index contributed by atoms with van der Waals surface area (Å²) in [5.74, 6) is -0.921. The smallest absolute Gasteiger partial charge is 0.222 e. The summed E-state index contributed by atoms with van der Waals surface area (Å²) in [4.78, 5) is 50.1. The van der Waals surface area contributed by atoms with Crippen LogP contribution in [0, 0.1) is 5.41 Å². The lowest BCUT2D eigenvalue weighted by atomic mass is 9.92. The van der Waals surface area contributed by atoms with E-state index in [-0.39, 0.29) is 102 Å². The molecule has 12 N–H and O–H groups in total. The first-order valence-corrected chi connectivity index (χ1v) is 22.6. The number of amides is 4. The number of ether oxygens (including phenoxy) is 12. The average molecular weight is 945 g/mol. The van der Waals surface area contributed by atoms with Gasteiger partial charge in [0.2, 0.25) is 23.6 Å². The highest BCUT2D eigenvalue weighted by atomic mass is 16.5. The van der Waals surface area contributed by atoms with Gasteiger partial charge < -0.3 is 101 Å². The zero-order chi connectivity index (χ0) is 47.6. The molecule has 0 aromatic rings. The lowest BCUT2D eigenvalue weighted by molar-refractivity contribution is -0.129. The van der Waals surface area contributed by atoms with Crippen molar-refractivity contribution in [2.24, 2.45) is 28.3 Å². The molecule has 0 atom stereocenters. The van der Waals surface area contributed by atoms with E-state index in [4.69, 9.17) is 79.8 Å². The van der Waals surface area contributed by atoms with Gasteiger partial charge in [-0.25, -0.2) is 0 Å². The Balaban J connectivity index is 5.35. The molecule has 0 rings (SSSR count). The van der Waals surface area contributed by atoms with E-state index in [1.165, 1.54) is 0 Å². The van der Waals surface area contributed by atoms with Gasteiger partial charge in [0.15, 0.2) is 0 Å². The molecule has 24 heteroatoms. The predicted molar refractivity (Wildman–Crippen MR) is 239 cm³/mol. The Labute approximate surface area is 385 Å². The number of nitrogens with one attached hydrogen (secondary N) is 4. The van der Waals surface area contributed by atoms with E-state index in [2.05, 4.69) is 21.3 Å². The standard InChI is InChI=1S/C41H84N8O16/c42-5-17-54-25-29-58-21-9-46-37(50)1-13-62-33-41(34-63-14-2-38(51)47-10-22-59-30-26-55-18-6-43,35-64-15-3-39(52)48-11-23-60-31-27-56-19-7-44)36-65-16-4-40(53)49-12-24-61-32-28-57-20-8-45/h1-36,42-45H2,(H,46,50)(H,47,51)(H,48,52)(H,49,53). The molecule has 0 saturated heterocycles. The van der Waals surface area contributed by atoms with Crippen molar-refractivity contribution in [3.63, 3.8) is 0 Å². The molecule has 0 unspecified atom stereocenters. The zero-order valence-corrected chi connectivity index (χ0v) is 38.8. The fourth-order valence-electron chi connectivity index (χ4n) is 5.09. The van der Waals surface area contributed by atoms with Gasteiger partial charge in [-0.05, 0) is 0 Å². The van der Waals surface area contributed by atoms with Gasteiger partial charge in [0.05, 0.1) is 164 Å². The van der Waals surface area contributed by atoms with E-state index in [0.29, 0.717) is 158 Å². The van der Waals surface area contributed by atoms with Crippen molar-refractivity contribution in [1.29, 1.82) is 0 Å². The van der Waals surface area contributed by atoms with Crippen molar-refractivity contribution in [1.82, 2.24) is 21.3 Å². The summed E-state index contributed by atoms with van der Waals surface area (Å²) in [5.41, 5.74) is 20.6. The van der Waals surface area contributed by atoms with Crippen molar-refractivity contribution in [3.8, 4) is 0 Å². The molecule has 0 aliphatic rings. The number of hydrogen-bond acceptors (Lipinski definition) is 20. The van der Waals surface area contributed by atoms with Gasteiger partial charge >= 0.3 is 0 Å². The van der Waals surface area contributed by atoms with Crippen LogP contribution in [-0.2, 0) is 76.0 Å². The first-order chi connectivity index (χ1) is 31.8. The monoisotopic (exact) mass is 945 g/mol. The Morgan fingerprint density at radius 3 is 0.677 bits per heavy atom. The molecule has 0 aliphatic carbocycles. The number of carbonyl (C=O) groups excluding carboxylic acids is 4. The van der Waals surface area contributed by atoms with E-state index in [9.17, 15) is 19.2 Å². The first-order valence-electron chi connectivity index (χ1n) is 22.6. The van der Waals surface area contributed by atoms with Crippen LogP contribution in [0.25, 0.3) is 0 Å². The Kier molecular flexibility index (Phi) is 47.1. The van der Waals surface area contributed by atoms with Crippen LogP contribution in [0.15, 0.2) is 0 Å². The van der Waals surface area contributed by atoms with E-state index < -0.39 is 5.41 Å². The molecule has 0 saturated carbocycles. The van der Waals surface area contributed by atoms with Gasteiger partial charge in [-0.3, -0.25) is 19.2 Å². The molecule has 384 valence electrons. The minimum atomic E-state index is -0.959. The molecule has 0 heterocycles. The maximum absolute atomic E-state index is 12.5. The van der Waals surface area contributed by atoms with Gasteiger partial charge in [-0.1, -0.05) is 0 Å². The largest absolute Gasteiger partial charge is 0.380 e. The number of nitrogens with two attached hydrogens (primary N) is 4. The van der Waals surface area contributed by atoms with Gasteiger partial charge in [0.1, 0.15) is 0 Å². The predicted octanol–water partition coefficient (Wildman–Crippen LogP) is -3.97. The molecule has 0 bridgehead atoms. The SMILES string of the molecule is NCCOCCOCCNC(=O)CCOCC(COCCC(=O)NCCOCCOCCN)(COCCC(=O)NCCOCCOCCN)COCCC(=O)NCCOCCOCCN. The van der Waals surface area contributed by atoms with Gasteiger partial charge in [-0.2, -0.15) is 0 Å². The minimum absolute atomic E-state index is 0.0295. The number of hydrogen-bond donors (Lipinski definition) is 8. The van der Waals surface area contributed by atoms with E-state index in [1.807, 2.05) is 0 Å². The molecule has 0 fully saturated rings. The Bertz CT molecular complexity index is 943. The second-order valence-electron chi connectivity index (χ2n) is 14.2. The van der Waals surface area contributed by atoms with Crippen LogP contribution in [0.1, 0.15) is 25.7 Å².